The van der Waals surface area contributed by atoms with Crippen molar-refractivity contribution < 1.29 is 9.53 Å². The van der Waals surface area contributed by atoms with Gasteiger partial charge < -0.3 is 4.74 Å². The monoisotopic (exact) mass is 250 g/mol. The Kier molecular flexibility index (Phi) is 4.00. The molecular formula is C17H14O2. The van der Waals surface area contributed by atoms with Crippen LogP contribution in [0.3, 0.4) is 0 Å². The summed E-state index contributed by atoms with van der Waals surface area (Å²) >= 11 is 0. The van der Waals surface area contributed by atoms with Crippen molar-refractivity contribution in [1.82, 2.24) is 0 Å². The van der Waals surface area contributed by atoms with E-state index in [0.29, 0.717) is 5.57 Å². The molecule has 0 amide bonds. The number of hydrogen-bond acceptors (Lipinski definition) is 2. The molecule has 0 fully saturated rings. The van der Waals surface area contributed by atoms with E-state index in [1.807, 2.05) is 36.4 Å². The molecule has 2 aromatic rings. The lowest BCUT2D eigenvalue weighted by Gasteiger charge is -1.98. The summed E-state index contributed by atoms with van der Waals surface area (Å²) in [5, 5.41) is 2.33. The fourth-order valence-corrected chi connectivity index (χ4v) is 1.63. The Hall–Kier alpha value is -2.53. The van der Waals surface area contributed by atoms with E-state index >= 15 is 0 Å². The minimum absolute atomic E-state index is 0.0819. The molecule has 0 aromatic heterocycles. The molecule has 2 heteroatoms. The number of carbonyl (C=O) groups is 1. The highest BCUT2D eigenvalue weighted by Crippen LogP contribution is 2.14. The number of hydrogen-bond donors (Lipinski definition) is 0. The van der Waals surface area contributed by atoms with Gasteiger partial charge in [-0.1, -0.05) is 48.8 Å². The second-order valence-corrected chi connectivity index (χ2v) is 4.22. The molecule has 2 nitrogen and oxygen atoms in total. The lowest BCUT2D eigenvalue weighted by atomic mass is 10.1. The third-order valence-electron chi connectivity index (χ3n) is 2.61. The van der Waals surface area contributed by atoms with Gasteiger partial charge >= 0.3 is 5.97 Å². The molecule has 0 saturated heterocycles. The van der Waals surface area contributed by atoms with Crippen molar-refractivity contribution in [3.63, 3.8) is 0 Å². The molecule has 0 atom stereocenters. The quantitative estimate of drug-likeness (QED) is 0.464. The molecule has 0 saturated carbocycles. The van der Waals surface area contributed by atoms with Gasteiger partial charge in [0.1, 0.15) is 0 Å². The zero-order valence-corrected chi connectivity index (χ0v) is 10.8. The molecule has 0 bridgehead atoms. The maximum absolute atomic E-state index is 11.1. The maximum Gasteiger partial charge on any atom is 0.334 e. The number of rotatable bonds is 2. The summed E-state index contributed by atoms with van der Waals surface area (Å²) in [5.41, 5.74) is 1.29. The van der Waals surface area contributed by atoms with Gasteiger partial charge in [-0.2, -0.15) is 0 Å². The van der Waals surface area contributed by atoms with Crippen LogP contribution in [0, 0.1) is 11.8 Å². The summed E-state index contributed by atoms with van der Waals surface area (Å²) in [6.07, 6.45) is 0. The average molecular weight is 250 g/mol. The van der Waals surface area contributed by atoms with E-state index in [1.165, 1.54) is 5.39 Å². The largest absolute Gasteiger partial charge is 0.449 e. The smallest absolute Gasteiger partial charge is 0.334 e. The lowest BCUT2D eigenvalue weighted by Crippen LogP contribution is -2.04. The summed E-state index contributed by atoms with van der Waals surface area (Å²) in [4.78, 5) is 11.1. The Morgan fingerprint density at radius 2 is 1.95 bits per heavy atom. The Morgan fingerprint density at radius 3 is 2.68 bits per heavy atom. The van der Waals surface area contributed by atoms with Crippen LogP contribution in [0.2, 0.25) is 0 Å². The number of ether oxygens (including phenoxy) is 1. The number of fused-ring (bicyclic) bond motifs is 1. The van der Waals surface area contributed by atoms with Crippen molar-refractivity contribution in [2.75, 3.05) is 6.61 Å². The molecule has 0 aliphatic carbocycles. The highest BCUT2D eigenvalue weighted by Gasteiger charge is 1.99. The van der Waals surface area contributed by atoms with Crippen LogP contribution in [0.4, 0.5) is 0 Å². The van der Waals surface area contributed by atoms with Crippen LogP contribution in [0.1, 0.15) is 12.5 Å². The van der Waals surface area contributed by atoms with E-state index in [1.54, 1.807) is 6.92 Å². The highest BCUT2D eigenvalue weighted by atomic mass is 16.5. The zero-order valence-electron chi connectivity index (χ0n) is 10.8. The Labute approximate surface area is 112 Å². The summed E-state index contributed by atoms with van der Waals surface area (Å²) in [6.45, 7) is 5.20. The first kappa shape index (κ1) is 12.9. The van der Waals surface area contributed by atoms with Gasteiger partial charge in [0.05, 0.1) is 0 Å². The van der Waals surface area contributed by atoms with Crippen molar-refractivity contribution in [2.45, 2.75) is 6.92 Å². The van der Waals surface area contributed by atoms with Crippen molar-refractivity contribution in [1.29, 1.82) is 0 Å². The van der Waals surface area contributed by atoms with Gasteiger partial charge in [0.15, 0.2) is 6.61 Å². The minimum atomic E-state index is -0.409. The van der Waals surface area contributed by atoms with E-state index in [9.17, 15) is 4.79 Å². The molecule has 0 N–H and O–H groups in total. The van der Waals surface area contributed by atoms with Gasteiger partial charge in [0, 0.05) is 11.1 Å². The van der Waals surface area contributed by atoms with Gasteiger partial charge in [-0.15, -0.1) is 0 Å². The van der Waals surface area contributed by atoms with Crippen LogP contribution in [0.15, 0.2) is 54.6 Å². The van der Waals surface area contributed by atoms with Crippen molar-refractivity contribution in [2.24, 2.45) is 0 Å². The van der Waals surface area contributed by atoms with Gasteiger partial charge in [0.2, 0.25) is 0 Å². The Bertz CT molecular complexity index is 687. The topological polar surface area (TPSA) is 26.3 Å². The van der Waals surface area contributed by atoms with Gasteiger partial charge in [0.25, 0.3) is 0 Å². The van der Waals surface area contributed by atoms with Crippen molar-refractivity contribution in [3.8, 4) is 11.8 Å². The number of carbonyl (C=O) groups excluding carboxylic acids is 1. The van der Waals surface area contributed by atoms with E-state index < -0.39 is 5.97 Å². The standard InChI is InChI=1S/C17H14O2/c1-13(2)17(18)19-11-5-6-14-9-10-15-7-3-4-8-16(15)12-14/h3-4,7-10,12H,1,11H2,2H3. The zero-order chi connectivity index (χ0) is 13.7. The fourth-order valence-electron chi connectivity index (χ4n) is 1.63. The van der Waals surface area contributed by atoms with E-state index in [4.69, 9.17) is 4.74 Å². The second-order valence-electron chi connectivity index (χ2n) is 4.22. The summed E-state index contributed by atoms with van der Waals surface area (Å²) in [6, 6.07) is 14.1. The molecule has 2 aromatic carbocycles. The maximum atomic E-state index is 11.1. The molecule has 0 aliphatic rings. The molecule has 0 unspecified atom stereocenters. The third-order valence-corrected chi connectivity index (χ3v) is 2.61. The second kappa shape index (κ2) is 5.88. The lowest BCUT2D eigenvalue weighted by molar-refractivity contribution is -0.137. The van der Waals surface area contributed by atoms with Gasteiger partial charge in [-0.05, 0) is 29.8 Å². The van der Waals surface area contributed by atoms with Crippen LogP contribution in [-0.2, 0) is 9.53 Å². The molecule has 0 radical (unpaired) electrons. The average Bonchev–Trinajstić information content (AvgIpc) is 2.43. The molecule has 0 aliphatic heterocycles. The number of benzene rings is 2. The van der Waals surface area contributed by atoms with E-state index in [2.05, 4.69) is 24.5 Å². The predicted octanol–water partition coefficient (Wildman–Crippen LogP) is 3.31. The molecular weight excluding hydrogens is 236 g/mol. The minimum Gasteiger partial charge on any atom is -0.449 e. The van der Waals surface area contributed by atoms with Crippen LogP contribution < -0.4 is 0 Å². The summed E-state index contributed by atoms with van der Waals surface area (Å²) in [7, 11) is 0. The van der Waals surface area contributed by atoms with Crippen LogP contribution in [-0.4, -0.2) is 12.6 Å². The first-order chi connectivity index (χ1) is 9.16. The van der Waals surface area contributed by atoms with Crippen LogP contribution in [0.25, 0.3) is 10.8 Å². The number of esters is 1. The van der Waals surface area contributed by atoms with Gasteiger partial charge in [-0.25, -0.2) is 4.79 Å². The van der Waals surface area contributed by atoms with Crippen molar-refractivity contribution in [3.05, 3.63) is 60.2 Å². The fraction of sp³-hybridized carbons (Fsp3) is 0.118. The van der Waals surface area contributed by atoms with E-state index in [0.717, 1.165) is 10.9 Å². The first-order valence-electron chi connectivity index (χ1n) is 5.97. The molecule has 0 spiro atoms. The summed E-state index contributed by atoms with van der Waals surface area (Å²) < 4.78 is 4.90. The Balaban J connectivity index is 2.06. The molecule has 19 heavy (non-hydrogen) atoms. The molecule has 94 valence electrons. The van der Waals surface area contributed by atoms with Crippen LogP contribution in [0.5, 0.6) is 0 Å². The van der Waals surface area contributed by atoms with E-state index in [-0.39, 0.29) is 6.61 Å². The normalized spacial score (nSPS) is 9.53. The van der Waals surface area contributed by atoms with Crippen molar-refractivity contribution >= 4 is 16.7 Å². The van der Waals surface area contributed by atoms with Gasteiger partial charge in [-0.3, -0.25) is 0 Å². The SMILES string of the molecule is C=C(C)C(=O)OCC#Cc1ccc2ccccc2c1. The first-order valence-corrected chi connectivity index (χ1v) is 5.97. The van der Waals surface area contributed by atoms with Crippen LogP contribution >= 0.6 is 0 Å². The molecule has 2 rings (SSSR count). The molecule has 0 heterocycles. The summed E-state index contributed by atoms with van der Waals surface area (Å²) in [5.74, 6) is 5.38. The highest BCUT2D eigenvalue weighted by molar-refractivity contribution is 5.87. The third kappa shape index (κ3) is 3.46. The Morgan fingerprint density at radius 1 is 1.21 bits per heavy atom. The predicted molar refractivity (Wildman–Crippen MR) is 76.6 cm³/mol.